The summed E-state index contributed by atoms with van der Waals surface area (Å²) in [4.78, 5) is 11.9. The van der Waals surface area contributed by atoms with Crippen LogP contribution < -0.4 is 5.32 Å². The van der Waals surface area contributed by atoms with E-state index in [1.54, 1.807) is 6.33 Å². The number of rotatable bonds is 5. The van der Waals surface area contributed by atoms with Crippen LogP contribution in [0.2, 0.25) is 0 Å². The van der Waals surface area contributed by atoms with E-state index in [0.717, 1.165) is 30.1 Å². The summed E-state index contributed by atoms with van der Waals surface area (Å²) in [5, 5.41) is 10.5. The molecule has 0 fully saturated rings. The highest BCUT2D eigenvalue weighted by Crippen LogP contribution is 2.29. The second kappa shape index (κ2) is 6.80. The SMILES string of the molecule is CC(C)c1nncn1CCNC(=O)c1ccc(C(F)(F)F)cc1. The van der Waals surface area contributed by atoms with Gasteiger partial charge in [-0.1, -0.05) is 13.8 Å². The van der Waals surface area contributed by atoms with Gasteiger partial charge in [0.2, 0.25) is 0 Å². The van der Waals surface area contributed by atoms with Crippen LogP contribution >= 0.6 is 0 Å². The molecule has 1 aromatic heterocycles. The molecular weight excluding hydrogens is 309 g/mol. The van der Waals surface area contributed by atoms with Crippen molar-refractivity contribution in [1.82, 2.24) is 20.1 Å². The van der Waals surface area contributed by atoms with Crippen molar-refractivity contribution in [1.29, 1.82) is 0 Å². The van der Waals surface area contributed by atoms with Crippen molar-refractivity contribution < 1.29 is 18.0 Å². The van der Waals surface area contributed by atoms with Crippen LogP contribution in [0.4, 0.5) is 13.2 Å². The maximum atomic E-state index is 12.5. The van der Waals surface area contributed by atoms with Gasteiger partial charge in [0.25, 0.3) is 5.91 Å². The lowest BCUT2D eigenvalue weighted by Crippen LogP contribution is -2.27. The van der Waals surface area contributed by atoms with Crippen molar-refractivity contribution in [3.63, 3.8) is 0 Å². The van der Waals surface area contributed by atoms with Gasteiger partial charge in [0.1, 0.15) is 12.2 Å². The zero-order valence-corrected chi connectivity index (χ0v) is 12.8. The quantitative estimate of drug-likeness (QED) is 0.919. The number of hydrogen-bond donors (Lipinski definition) is 1. The van der Waals surface area contributed by atoms with Crippen LogP contribution in [0.3, 0.4) is 0 Å². The van der Waals surface area contributed by atoms with Crippen LogP contribution in [0.1, 0.15) is 41.5 Å². The molecule has 1 heterocycles. The van der Waals surface area contributed by atoms with E-state index in [9.17, 15) is 18.0 Å². The minimum atomic E-state index is -4.41. The molecule has 0 radical (unpaired) electrons. The fourth-order valence-corrected chi connectivity index (χ4v) is 2.09. The number of nitrogens with zero attached hydrogens (tertiary/aromatic N) is 3. The molecule has 124 valence electrons. The third-order valence-electron chi connectivity index (χ3n) is 3.27. The molecule has 0 bridgehead atoms. The Morgan fingerprint density at radius 2 is 1.91 bits per heavy atom. The Morgan fingerprint density at radius 1 is 1.26 bits per heavy atom. The van der Waals surface area contributed by atoms with Gasteiger partial charge < -0.3 is 9.88 Å². The first-order valence-corrected chi connectivity index (χ1v) is 7.12. The van der Waals surface area contributed by atoms with E-state index in [0.29, 0.717) is 13.1 Å². The minimum absolute atomic E-state index is 0.186. The minimum Gasteiger partial charge on any atom is -0.350 e. The molecule has 1 aromatic carbocycles. The van der Waals surface area contributed by atoms with Gasteiger partial charge in [0.05, 0.1) is 5.56 Å². The van der Waals surface area contributed by atoms with Crippen LogP contribution in [-0.2, 0) is 12.7 Å². The molecule has 0 aliphatic carbocycles. The number of carbonyl (C=O) groups excluding carboxylic acids is 1. The standard InChI is InChI=1S/C15H17F3N4O/c1-10(2)13-21-20-9-22(13)8-7-19-14(23)11-3-5-12(6-4-11)15(16,17)18/h3-6,9-10H,7-8H2,1-2H3,(H,19,23). The highest BCUT2D eigenvalue weighted by molar-refractivity contribution is 5.94. The summed E-state index contributed by atoms with van der Waals surface area (Å²) in [7, 11) is 0. The van der Waals surface area contributed by atoms with Gasteiger partial charge in [-0.3, -0.25) is 4.79 Å². The summed E-state index contributed by atoms with van der Waals surface area (Å²) in [6.07, 6.45) is -2.82. The summed E-state index contributed by atoms with van der Waals surface area (Å²) in [6, 6.07) is 4.12. The van der Waals surface area contributed by atoms with Gasteiger partial charge in [-0.05, 0) is 24.3 Å². The number of alkyl halides is 3. The monoisotopic (exact) mass is 326 g/mol. The third-order valence-corrected chi connectivity index (χ3v) is 3.27. The first kappa shape index (κ1) is 17.0. The van der Waals surface area contributed by atoms with Crippen LogP contribution in [-0.4, -0.2) is 27.2 Å². The van der Waals surface area contributed by atoms with Crippen molar-refractivity contribution in [2.45, 2.75) is 32.5 Å². The van der Waals surface area contributed by atoms with Crippen molar-refractivity contribution in [2.75, 3.05) is 6.54 Å². The highest BCUT2D eigenvalue weighted by Gasteiger charge is 2.30. The van der Waals surface area contributed by atoms with Crippen molar-refractivity contribution in [3.8, 4) is 0 Å². The molecule has 0 saturated heterocycles. The lowest BCUT2D eigenvalue weighted by molar-refractivity contribution is -0.137. The van der Waals surface area contributed by atoms with Crippen LogP contribution in [0.25, 0.3) is 0 Å². The predicted octanol–water partition coefficient (Wildman–Crippen LogP) is 2.85. The molecule has 0 aliphatic rings. The Bertz CT molecular complexity index is 662. The molecule has 8 heteroatoms. The highest BCUT2D eigenvalue weighted by atomic mass is 19.4. The summed E-state index contributed by atoms with van der Waals surface area (Å²) < 4.78 is 39.2. The molecule has 0 aliphatic heterocycles. The largest absolute Gasteiger partial charge is 0.416 e. The van der Waals surface area contributed by atoms with Crippen LogP contribution in [0.15, 0.2) is 30.6 Å². The fraction of sp³-hybridized carbons (Fsp3) is 0.400. The van der Waals surface area contributed by atoms with E-state index in [-0.39, 0.29) is 11.5 Å². The van der Waals surface area contributed by atoms with Crippen molar-refractivity contribution in [2.24, 2.45) is 0 Å². The molecule has 0 saturated carbocycles. The van der Waals surface area contributed by atoms with E-state index in [4.69, 9.17) is 0 Å². The molecule has 1 amide bonds. The lowest BCUT2D eigenvalue weighted by atomic mass is 10.1. The van der Waals surface area contributed by atoms with E-state index in [1.807, 2.05) is 18.4 Å². The van der Waals surface area contributed by atoms with E-state index < -0.39 is 17.6 Å². The van der Waals surface area contributed by atoms with E-state index in [2.05, 4.69) is 15.5 Å². The number of hydrogen-bond acceptors (Lipinski definition) is 3. The van der Waals surface area contributed by atoms with Crippen LogP contribution in [0.5, 0.6) is 0 Å². The lowest BCUT2D eigenvalue weighted by Gasteiger charge is -2.10. The van der Waals surface area contributed by atoms with Gasteiger partial charge in [-0.25, -0.2) is 0 Å². The topological polar surface area (TPSA) is 59.8 Å². The molecule has 2 rings (SSSR count). The Balaban J connectivity index is 1.91. The Labute approximate surface area is 131 Å². The van der Waals surface area contributed by atoms with E-state index >= 15 is 0 Å². The van der Waals surface area contributed by atoms with E-state index in [1.165, 1.54) is 0 Å². The molecular formula is C15H17F3N4O. The second-order valence-electron chi connectivity index (χ2n) is 5.37. The molecule has 1 N–H and O–H groups in total. The summed E-state index contributed by atoms with van der Waals surface area (Å²) in [5.41, 5.74) is -0.592. The number of halogens is 3. The Hall–Kier alpha value is -2.38. The smallest absolute Gasteiger partial charge is 0.350 e. The van der Waals surface area contributed by atoms with Crippen molar-refractivity contribution in [3.05, 3.63) is 47.5 Å². The maximum Gasteiger partial charge on any atom is 0.416 e. The average molecular weight is 326 g/mol. The number of carbonyl (C=O) groups is 1. The zero-order valence-electron chi connectivity index (χ0n) is 12.8. The summed E-state index contributed by atoms with van der Waals surface area (Å²) in [6.45, 7) is 4.80. The number of nitrogens with one attached hydrogen (secondary N) is 1. The second-order valence-corrected chi connectivity index (χ2v) is 5.37. The predicted molar refractivity (Wildman–Crippen MR) is 77.9 cm³/mol. The van der Waals surface area contributed by atoms with Gasteiger partial charge in [-0.2, -0.15) is 13.2 Å². The maximum absolute atomic E-state index is 12.5. The number of aromatic nitrogens is 3. The normalized spacial score (nSPS) is 11.7. The summed E-state index contributed by atoms with van der Waals surface area (Å²) in [5.74, 6) is 0.606. The molecule has 0 atom stereocenters. The summed E-state index contributed by atoms with van der Waals surface area (Å²) >= 11 is 0. The Morgan fingerprint density at radius 3 is 2.48 bits per heavy atom. The molecule has 2 aromatic rings. The first-order valence-electron chi connectivity index (χ1n) is 7.12. The number of benzene rings is 1. The van der Waals surface area contributed by atoms with Gasteiger partial charge in [-0.15, -0.1) is 10.2 Å². The zero-order chi connectivity index (χ0) is 17.0. The van der Waals surface area contributed by atoms with Crippen molar-refractivity contribution >= 4 is 5.91 Å². The van der Waals surface area contributed by atoms with Gasteiger partial charge >= 0.3 is 6.18 Å². The average Bonchev–Trinajstić information content (AvgIpc) is 2.95. The fourth-order valence-electron chi connectivity index (χ4n) is 2.09. The first-order chi connectivity index (χ1) is 10.8. The number of amides is 1. The molecule has 23 heavy (non-hydrogen) atoms. The Kier molecular flexibility index (Phi) is 5.02. The molecule has 0 unspecified atom stereocenters. The molecule has 5 nitrogen and oxygen atoms in total. The van der Waals surface area contributed by atoms with Gasteiger partial charge in [0, 0.05) is 24.6 Å². The third kappa shape index (κ3) is 4.30. The molecule has 0 spiro atoms. The van der Waals surface area contributed by atoms with Gasteiger partial charge in [0.15, 0.2) is 0 Å². The van der Waals surface area contributed by atoms with Crippen LogP contribution in [0, 0.1) is 0 Å².